The molecule has 0 spiro atoms. The zero-order chi connectivity index (χ0) is 13.8. The first-order chi connectivity index (χ1) is 8.37. The average Bonchev–Trinajstić information content (AvgIpc) is 2.31. The molecule has 3 N–H and O–H groups in total. The molecule has 0 bridgehead atoms. The Kier molecular flexibility index (Phi) is 4.73. The van der Waals surface area contributed by atoms with Crippen LogP contribution in [0.25, 0.3) is 0 Å². The highest BCUT2D eigenvalue weighted by molar-refractivity contribution is 5.95. The van der Waals surface area contributed by atoms with Crippen LogP contribution >= 0.6 is 0 Å². The predicted molar refractivity (Wildman–Crippen MR) is 73.9 cm³/mol. The number of primary amides is 1. The third kappa shape index (κ3) is 3.74. The third-order valence-corrected chi connectivity index (χ3v) is 3.19. The second-order valence-corrected chi connectivity index (χ2v) is 4.98. The van der Waals surface area contributed by atoms with Crippen LogP contribution in [0.3, 0.4) is 0 Å². The number of ether oxygens (including phenoxy) is 1. The summed E-state index contributed by atoms with van der Waals surface area (Å²) in [4.78, 5) is 11.2. The average molecular weight is 250 g/mol. The maximum atomic E-state index is 11.2. The second kappa shape index (κ2) is 5.87. The van der Waals surface area contributed by atoms with Crippen LogP contribution in [-0.2, 0) is 4.74 Å². The molecule has 0 aliphatic carbocycles. The molecule has 1 amide bonds. The maximum Gasteiger partial charge on any atom is 0.249 e. The van der Waals surface area contributed by atoms with E-state index >= 15 is 0 Å². The van der Waals surface area contributed by atoms with Crippen molar-refractivity contribution >= 4 is 11.6 Å². The molecule has 1 aromatic carbocycles. The van der Waals surface area contributed by atoms with Crippen LogP contribution in [-0.4, -0.2) is 25.2 Å². The van der Waals surface area contributed by atoms with E-state index < -0.39 is 5.91 Å². The van der Waals surface area contributed by atoms with Gasteiger partial charge in [0.1, 0.15) is 0 Å². The van der Waals surface area contributed by atoms with Gasteiger partial charge in [-0.05, 0) is 44.9 Å². The van der Waals surface area contributed by atoms with Gasteiger partial charge in [-0.3, -0.25) is 4.79 Å². The molecular weight excluding hydrogens is 228 g/mol. The molecule has 0 saturated carbocycles. The molecule has 0 saturated heterocycles. The van der Waals surface area contributed by atoms with Gasteiger partial charge < -0.3 is 15.8 Å². The largest absolute Gasteiger partial charge is 0.385 e. The van der Waals surface area contributed by atoms with E-state index in [0.29, 0.717) is 5.56 Å². The molecule has 1 aromatic rings. The van der Waals surface area contributed by atoms with E-state index in [1.54, 1.807) is 13.2 Å². The minimum Gasteiger partial charge on any atom is -0.385 e. The van der Waals surface area contributed by atoms with Gasteiger partial charge in [0.25, 0.3) is 0 Å². The lowest BCUT2D eigenvalue weighted by molar-refractivity contribution is 0.0185. The van der Waals surface area contributed by atoms with Gasteiger partial charge in [-0.2, -0.15) is 0 Å². The van der Waals surface area contributed by atoms with Crippen molar-refractivity contribution in [1.82, 2.24) is 0 Å². The van der Waals surface area contributed by atoms with E-state index in [9.17, 15) is 4.79 Å². The summed E-state index contributed by atoms with van der Waals surface area (Å²) < 4.78 is 5.35. The van der Waals surface area contributed by atoms with Crippen LogP contribution in [0.15, 0.2) is 18.2 Å². The van der Waals surface area contributed by atoms with Crippen LogP contribution < -0.4 is 11.1 Å². The number of hydrogen-bond acceptors (Lipinski definition) is 3. The van der Waals surface area contributed by atoms with Gasteiger partial charge >= 0.3 is 0 Å². The molecule has 100 valence electrons. The van der Waals surface area contributed by atoms with Crippen molar-refractivity contribution in [3.05, 3.63) is 29.3 Å². The second-order valence-electron chi connectivity index (χ2n) is 4.98. The van der Waals surface area contributed by atoms with Crippen LogP contribution in [0.2, 0.25) is 0 Å². The summed E-state index contributed by atoms with van der Waals surface area (Å²) in [5.74, 6) is -0.395. The first kappa shape index (κ1) is 14.5. The lowest BCUT2D eigenvalue weighted by Crippen LogP contribution is -2.26. The van der Waals surface area contributed by atoms with E-state index in [1.165, 1.54) is 0 Å². The van der Waals surface area contributed by atoms with Gasteiger partial charge in [0.2, 0.25) is 5.91 Å². The fraction of sp³-hybridized carbons (Fsp3) is 0.500. The van der Waals surface area contributed by atoms with Crippen molar-refractivity contribution in [2.24, 2.45) is 5.73 Å². The molecule has 0 fully saturated rings. The Hall–Kier alpha value is -1.55. The number of nitrogens with one attached hydrogen (secondary N) is 1. The summed E-state index contributed by atoms with van der Waals surface area (Å²) in [6, 6.07) is 5.51. The molecule has 0 aliphatic heterocycles. The molecule has 0 heterocycles. The van der Waals surface area contributed by atoms with Gasteiger partial charge in [-0.1, -0.05) is 6.07 Å². The number of carbonyl (C=O) groups is 1. The normalized spacial score (nSPS) is 11.3. The molecule has 1 rings (SSSR count). The van der Waals surface area contributed by atoms with Crippen molar-refractivity contribution in [2.45, 2.75) is 32.8 Å². The molecule has 0 aliphatic rings. The maximum absolute atomic E-state index is 11.2. The van der Waals surface area contributed by atoms with Crippen LogP contribution in [0, 0.1) is 6.92 Å². The number of rotatable bonds is 6. The smallest absolute Gasteiger partial charge is 0.249 e. The zero-order valence-corrected chi connectivity index (χ0v) is 11.5. The Morgan fingerprint density at radius 2 is 2.11 bits per heavy atom. The van der Waals surface area contributed by atoms with E-state index in [4.69, 9.17) is 10.5 Å². The molecule has 0 unspecified atom stereocenters. The lowest BCUT2D eigenvalue weighted by Gasteiger charge is -2.23. The van der Waals surface area contributed by atoms with Crippen LogP contribution in [0.5, 0.6) is 0 Å². The minimum atomic E-state index is -0.395. The fourth-order valence-electron chi connectivity index (χ4n) is 1.69. The number of amides is 1. The van der Waals surface area contributed by atoms with E-state index in [2.05, 4.69) is 5.32 Å². The molecule has 18 heavy (non-hydrogen) atoms. The predicted octanol–water partition coefficient (Wildman–Crippen LogP) is 2.32. The van der Waals surface area contributed by atoms with Crippen molar-refractivity contribution in [2.75, 3.05) is 19.0 Å². The lowest BCUT2D eigenvalue weighted by atomic mass is 10.0. The number of anilines is 1. The van der Waals surface area contributed by atoms with E-state index in [1.807, 2.05) is 32.9 Å². The molecule has 0 atom stereocenters. The highest BCUT2D eigenvalue weighted by atomic mass is 16.5. The quantitative estimate of drug-likeness (QED) is 0.814. The Morgan fingerprint density at radius 1 is 1.44 bits per heavy atom. The first-order valence-electron chi connectivity index (χ1n) is 6.06. The summed E-state index contributed by atoms with van der Waals surface area (Å²) in [6.45, 7) is 6.76. The number of carbonyl (C=O) groups excluding carboxylic acids is 1. The highest BCUT2D eigenvalue weighted by Crippen LogP contribution is 2.20. The van der Waals surface area contributed by atoms with Gasteiger partial charge in [0, 0.05) is 24.9 Å². The summed E-state index contributed by atoms with van der Waals surface area (Å²) in [5, 5.41) is 3.31. The van der Waals surface area contributed by atoms with Gasteiger partial charge in [-0.25, -0.2) is 0 Å². The van der Waals surface area contributed by atoms with Crippen LogP contribution in [0.4, 0.5) is 5.69 Å². The molecular formula is C14H22N2O2. The highest BCUT2D eigenvalue weighted by Gasteiger charge is 2.15. The number of methoxy groups -OCH3 is 1. The topological polar surface area (TPSA) is 64.3 Å². The van der Waals surface area contributed by atoms with Gasteiger partial charge in [-0.15, -0.1) is 0 Å². The SMILES string of the molecule is COC(C)(C)CCNc1cccc(C(N)=O)c1C. The first-order valence-corrected chi connectivity index (χ1v) is 6.06. The third-order valence-electron chi connectivity index (χ3n) is 3.19. The monoisotopic (exact) mass is 250 g/mol. The Labute approximate surface area is 109 Å². The van der Waals surface area contributed by atoms with Gasteiger partial charge in [0.15, 0.2) is 0 Å². The molecule has 0 aromatic heterocycles. The summed E-state index contributed by atoms with van der Waals surface area (Å²) >= 11 is 0. The molecule has 4 nitrogen and oxygen atoms in total. The Bertz CT molecular complexity index is 428. The number of hydrogen-bond donors (Lipinski definition) is 2. The fourth-order valence-corrected chi connectivity index (χ4v) is 1.69. The minimum absolute atomic E-state index is 0.151. The Morgan fingerprint density at radius 3 is 2.67 bits per heavy atom. The van der Waals surface area contributed by atoms with Crippen molar-refractivity contribution < 1.29 is 9.53 Å². The number of nitrogens with two attached hydrogens (primary N) is 1. The number of benzene rings is 1. The molecule has 4 heteroatoms. The molecule has 0 radical (unpaired) electrons. The van der Waals surface area contributed by atoms with E-state index in [0.717, 1.165) is 24.2 Å². The standard InChI is InChI=1S/C14H22N2O2/c1-10-11(13(15)17)6-5-7-12(10)16-9-8-14(2,3)18-4/h5-7,16H,8-9H2,1-4H3,(H2,15,17). The zero-order valence-electron chi connectivity index (χ0n) is 11.5. The van der Waals surface area contributed by atoms with E-state index in [-0.39, 0.29) is 5.60 Å². The van der Waals surface area contributed by atoms with Crippen molar-refractivity contribution in [3.63, 3.8) is 0 Å². The summed E-state index contributed by atoms with van der Waals surface area (Å²) in [7, 11) is 1.71. The Balaban J connectivity index is 2.69. The van der Waals surface area contributed by atoms with Crippen LogP contribution in [0.1, 0.15) is 36.2 Å². The summed E-state index contributed by atoms with van der Waals surface area (Å²) in [5.41, 5.74) is 7.56. The van der Waals surface area contributed by atoms with Gasteiger partial charge in [0.05, 0.1) is 5.60 Å². The van der Waals surface area contributed by atoms with Crippen molar-refractivity contribution in [3.8, 4) is 0 Å². The summed E-state index contributed by atoms with van der Waals surface area (Å²) in [6.07, 6.45) is 0.879. The van der Waals surface area contributed by atoms with Crippen molar-refractivity contribution in [1.29, 1.82) is 0 Å².